The van der Waals surface area contributed by atoms with E-state index in [1.807, 2.05) is 18.2 Å². The van der Waals surface area contributed by atoms with Gasteiger partial charge in [-0.05, 0) is 18.6 Å². The van der Waals surface area contributed by atoms with Crippen molar-refractivity contribution in [2.45, 2.75) is 12.8 Å². The van der Waals surface area contributed by atoms with Gasteiger partial charge in [-0.1, -0.05) is 33.2 Å². The summed E-state index contributed by atoms with van der Waals surface area (Å²) in [6.45, 7) is 3.91. The van der Waals surface area contributed by atoms with Gasteiger partial charge in [-0.15, -0.1) is 0 Å². The molecule has 0 saturated carbocycles. The van der Waals surface area contributed by atoms with E-state index in [0.717, 1.165) is 29.0 Å². The molecule has 3 rings (SSSR count). The van der Waals surface area contributed by atoms with Crippen LogP contribution in [0.15, 0.2) is 27.2 Å². The van der Waals surface area contributed by atoms with Crippen molar-refractivity contribution in [2.24, 2.45) is 0 Å². The highest BCUT2D eigenvalue weighted by Gasteiger charge is 2.25. The van der Waals surface area contributed by atoms with Crippen LogP contribution in [0.5, 0.6) is 0 Å². The second kappa shape index (κ2) is 4.23. The van der Waals surface area contributed by atoms with E-state index in [0.29, 0.717) is 11.7 Å². The fourth-order valence-corrected chi connectivity index (χ4v) is 2.09. The van der Waals surface area contributed by atoms with E-state index < -0.39 is 0 Å². The first-order valence-electron chi connectivity index (χ1n) is 5.55. The van der Waals surface area contributed by atoms with E-state index >= 15 is 0 Å². The van der Waals surface area contributed by atoms with Crippen LogP contribution in [-0.2, 0) is 0 Å². The van der Waals surface area contributed by atoms with Gasteiger partial charge in [0.15, 0.2) is 0 Å². The fourth-order valence-electron chi connectivity index (χ4n) is 1.71. The molecule has 1 fully saturated rings. The summed E-state index contributed by atoms with van der Waals surface area (Å²) >= 11 is 3.51. The van der Waals surface area contributed by atoms with Gasteiger partial charge in [0.25, 0.3) is 0 Å². The van der Waals surface area contributed by atoms with Crippen molar-refractivity contribution in [1.29, 1.82) is 0 Å². The van der Waals surface area contributed by atoms with E-state index in [2.05, 4.69) is 38.3 Å². The normalized spacial score (nSPS) is 15.9. The van der Waals surface area contributed by atoms with E-state index in [9.17, 15) is 0 Å². The lowest BCUT2D eigenvalue weighted by molar-refractivity contribution is 0.308. The van der Waals surface area contributed by atoms with Crippen LogP contribution in [0.25, 0.3) is 11.4 Å². The van der Waals surface area contributed by atoms with Crippen LogP contribution >= 0.6 is 15.9 Å². The Morgan fingerprint density at radius 3 is 2.88 bits per heavy atom. The SMILES string of the molecule is Cc1ccc(-c2noc(C3CNC3)n2)cc1Br. The molecule has 2 heterocycles. The second-order valence-electron chi connectivity index (χ2n) is 4.28. The van der Waals surface area contributed by atoms with Gasteiger partial charge < -0.3 is 9.84 Å². The molecule has 1 saturated heterocycles. The Morgan fingerprint density at radius 1 is 1.41 bits per heavy atom. The standard InChI is InChI=1S/C12H12BrN3O/c1-7-2-3-8(4-10(7)13)11-15-12(17-16-11)9-5-14-6-9/h2-4,9,14H,5-6H2,1H3. The number of hydrogen-bond donors (Lipinski definition) is 1. The Balaban J connectivity index is 1.92. The van der Waals surface area contributed by atoms with Crippen LogP contribution in [-0.4, -0.2) is 23.2 Å². The minimum atomic E-state index is 0.380. The highest BCUT2D eigenvalue weighted by molar-refractivity contribution is 9.10. The predicted octanol–water partition coefficient (Wildman–Crippen LogP) is 2.49. The monoisotopic (exact) mass is 293 g/mol. The number of nitrogens with zero attached hydrogens (tertiary/aromatic N) is 2. The predicted molar refractivity (Wildman–Crippen MR) is 67.8 cm³/mol. The molecule has 1 aromatic carbocycles. The van der Waals surface area contributed by atoms with Crippen LogP contribution < -0.4 is 5.32 Å². The van der Waals surface area contributed by atoms with E-state index in [4.69, 9.17) is 4.52 Å². The zero-order chi connectivity index (χ0) is 11.8. The topological polar surface area (TPSA) is 51.0 Å². The summed E-state index contributed by atoms with van der Waals surface area (Å²) in [7, 11) is 0. The third-order valence-electron chi connectivity index (χ3n) is 3.00. The molecule has 0 bridgehead atoms. The van der Waals surface area contributed by atoms with Crippen LogP contribution in [0.1, 0.15) is 17.4 Å². The molecule has 17 heavy (non-hydrogen) atoms. The molecule has 1 aliphatic rings. The highest BCUT2D eigenvalue weighted by Crippen LogP contribution is 2.25. The molecule has 1 aromatic heterocycles. The lowest BCUT2D eigenvalue weighted by Crippen LogP contribution is -2.40. The molecule has 0 radical (unpaired) electrons. The van der Waals surface area contributed by atoms with Crippen LogP contribution in [0.3, 0.4) is 0 Å². The van der Waals surface area contributed by atoms with Gasteiger partial charge >= 0.3 is 0 Å². The molecule has 0 atom stereocenters. The number of halogens is 1. The summed E-state index contributed by atoms with van der Waals surface area (Å²) in [6.07, 6.45) is 0. The lowest BCUT2D eigenvalue weighted by Gasteiger charge is -2.22. The fraction of sp³-hybridized carbons (Fsp3) is 0.333. The van der Waals surface area contributed by atoms with Gasteiger partial charge in [0.1, 0.15) is 0 Å². The Labute approximate surface area is 108 Å². The molecular formula is C12H12BrN3O. The van der Waals surface area contributed by atoms with E-state index in [1.54, 1.807) is 0 Å². The van der Waals surface area contributed by atoms with Crippen molar-refractivity contribution in [1.82, 2.24) is 15.5 Å². The summed E-state index contributed by atoms with van der Waals surface area (Å²) in [5, 5.41) is 7.22. The summed E-state index contributed by atoms with van der Waals surface area (Å²) in [6, 6.07) is 6.07. The van der Waals surface area contributed by atoms with Crippen molar-refractivity contribution in [2.75, 3.05) is 13.1 Å². The molecule has 1 aliphatic heterocycles. The highest BCUT2D eigenvalue weighted by atomic mass is 79.9. The summed E-state index contributed by atoms with van der Waals surface area (Å²) < 4.78 is 6.34. The zero-order valence-electron chi connectivity index (χ0n) is 9.40. The maximum Gasteiger partial charge on any atom is 0.232 e. The summed E-state index contributed by atoms with van der Waals surface area (Å²) in [5.41, 5.74) is 2.17. The molecule has 2 aromatic rings. The first-order chi connectivity index (χ1) is 8.24. The number of aromatic nitrogens is 2. The first-order valence-corrected chi connectivity index (χ1v) is 6.34. The lowest BCUT2D eigenvalue weighted by atomic mass is 10.0. The minimum Gasteiger partial charge on any atom is -0.339 e. The van der Waals surface area contributed by atoms with E-state index in [-0.39, 0.29) is 0 Å². The van der Waals surface area contributed by atoms with Crippen molar-refractivity contribution in [3.05, 3.63) is 34.1 Å². The molecule has 0 unspecified atom stereocenters. The largest absolute Gasteiger partial charge is 0.339 e. The molecule has 0 spiro atoms. The third kappa shape index (κ3) is 2.00. The summed E-state index contributed by atoms with van der Waals surface area (Å²) in [5.74, 6) is 1.77. The van der Waals surface area contributed by atoms with Gasteiger partial charge in [0.2, 0.25) is 11.7 Å². The molecule has 1 N–H and O–H groups in total. The minimum absolute atomic E-state index is 0.380. The zero-order valence-corrected chi connectivity index (χ0v) is 11.0. The molecule has 0 aliphatic carbocycles. The van der Waals surface area contributed by atoms with Crippen molar-refractivity contribution < 1.29 is 4.52 Å². The Morgan fingerprint density at radius 2 is 2.24 bits per heavy atom. The second-order valence-corrected chi connectivity index (χ2v) is 5.13. The molecule has 4 nitrogen and oxygen atoms in total. The van der Waals surface area contributed by atoms with Crippen molar-refractivity contribution in [3.8, 4) is 11.4 Å². The molecular weight excluding hydrogens is 282 g/mol. The number of aryl methyl sites for hydroxylation is 1. The van der Waals surface area contributed by atoms with Gasteiger partial charge in [0.05, 0.1) is 5.92 Å². The number of hydrogen-bond acceptors (Lipinski definition) is 4. The van der Waals surface area contributed by atoms with Crippen molar-refractivity contribution in [3.63, 3.8) is 0 Å². The van der Waals surface area contributed by atoms with Crippen LogP contribution in [0.4, 0.5) is 0 Å². The maximum absolute atomic E-state index is 5.28. The maximum atomic E-state index is 5.28. The van der Waals surface area contributed by atoms with Gasteiger partial charge in [-0.2, -0.15) is 4.98 Å². The number of rotatable bonds is 2. The first kappa shape index (κ1) is 10.9. The molecule has 5 heteroatoms. The Bertz CT molecular complexity index is 548. The quantitative estimate of drug-likeness (QED) is 0.924. The molecule has 88 valence electrons. The Kier molecular flexibility index (Phi) is 2.72. The van der Waals surface area contributed by atoms with Crippen molar-refractivity contribution >= 4 is 15.9 Å². The average Bonchev–Trinajstić information content (AvgIpc) is 2.69. The molecule has 0 amide bonds. The van der Waals surface area contributed by atoms with E-state index in [1.165, 1.54) is 5.56 Å². The number of benzene rings is 1. The average molecular weight is 294 g/mol. The van der Waals surface area contributed by atoms with Gasteiger partial charge in [0, 0.05) is 23.1 Å². The van der Waals surface area contributed by atoms with Crippen LogP contribution in [0, 0.1) is 6.92 Å². The van der Waals surface area contributed by atoms with Gasteiger partial charge in [-0.3, -0.25) is 0 Å². The smallest absolute Gasteiger partial charge is 0.232 e. The number of nitrogens with one attached hydrogen (secondary N) is 1. The van der Waals surface area contributed by atoms with Gasteiger partial charge in [-0.25, -0.2) is 0 Å². The van der Waals surface area contributed by atoms with Crippen LogP contribution in [0.2, 0.25) is 0 Å². The third-order valence-corrected chi connectivity index (χ3v) is 3.86. The Hall–Kier alpha value is -1.20. The summed E-state index contributed by atoms with van der Waals surface area (Å²) in [4.78, 5) is 4.43.